The number of pyridine rings is 1. The summed E-state index contributed by atoms with van der Waals surface area (Å²) in [4.78, 5) is 17.1. The lowest BCUT2D eigenvalue weighted by molar-refractivity contribution is 0.244. The summed E-state index contributed by atoms with van der Waals surface area (Å²) >= 11 is 0. The molecule has 0 fully saturated rings. The minimum atomic E-state index is 0.0635. The van der Waals surface area contributed by atoms with Gasteiger partial charge in [-0.25, -0.2) is 0 Å². The molecule has 108 valence electrons. The Kier molecular flexibility index (Phi) is 3.04. The quantitative estimate of drug-likeness (QED) is 0.884. The highest BCUT2D eigenvalue weighted by Crippen LogP contribution is 2.28. The second-order valence-electron chi connectivity index (χ2n) is 5.90. The van der Waals surface area contributed by atoms with Gasteiger partial charge in [-0.2, -0.15) is 0 Å². The highest BCUT2D eigenvalue weighted by molar-refractivity contribution is 5.61. The number of nitrogens with one attached hydrogen (secondary N) is 2. The van der Waals surface area contributed by atoms with Gasteiger partial charge in [-0.3, -0.25) is 9.69 Å². The van der Waals surface area contributed by atoms with E-state index >= 15 is 0 Å². The molecule has 0 bridgehead atoms. The zero-order chi connectivity index (χ0) is 14.2. The van der Waals surface area contributed by atoms with E-state index in [-0.39, 0.29) is 5.56 Å². The Labute approximate surface area is 123 Å². The van der Waals surface area contributed by atoms with E-state index in [9.17, 15) is 4.79 Å². The topological polar surface area (TPSA) is 48.1 Å². The maximum absolute atomic E-state index is 12.0. The van der Waals surface area contributed by atoms with Crippen molar-refractivity contribution in [1.82, 2.24) is 9.88 Å². The zero-order valence-corrected chi connectivity index (χ0v) is 12.0. The van der Waals surface area contributed by atoms with Crippen LogP contribution in [0.25, 0.3) is 0 Å². The molecule has 2 aliphatic heterocycles. The maximum atomic E-state index is 12.0. The molecule has 0 atom stereocenters. The zero-order valence-electron chi connectivity index (χ0n) is 12.0. The fourth-order valence-corrected chi connectivity index (χ4v) is 3.46. The molecule has 0 saturated heterocycles. The predicted octanol–water partition coefficient (Wildman–Crippen LogP) is 1.90. The number of nitrogens with zero attached hydrogens (tertiary/aromatic N) is 1. The average Bonchev–Trinajstić information content (AvgIpc) is 2.98. The number of aromatic nitrogens is 1. The third-order valence-electron chi connectivity index (χ3n) is 4.57. The second-order valence-corrected chi connectivity index (χ2v) is 5.90. The third-order valence-corrected chi connectivity index (χ3v) is 4.57. The van der Waals surface area contributed by atoms with Crippen LogP contribution in [0, 0.1) is 0 Å². The number of anilines is 1. The van der Waals surface area contributed by atoms with Gasteiger partial charge in [-0.1, -0.05) is 18.2 Å². The van der Waals surface area contributed by atoms with E-state index in [1.54, 1.807) is 6.20 Å². The van der Waals surface area contributed by atoms with Crippen LogP contribution in [0.5, 0.6) is 0 Å². The lowest BCUT2D eigenvalue weighted by Crippen LogP contribution is -2.34. The van der Waals surface area contributed by atoms with E-state index in [1.807, 2.05) is 6.07 Å². The number of benzene rings is 1. The van der Waals surface area contributed by atoms with Crippen LogP contribution in [0.15, 0.2) is 35.3 Å². The van der Waals surface area contributed by atoms with E-state index in [4.69, 9.17) is 0 Å². The van der Waals surface area contributed by atoms with E-state index in [2.05, 4.69) is 33.4 Å². The third kappa shape index (κ3) is 2.25. The largest absolute Gasteiger partial charge is 0.384 e. The number of hydrogen-bond donors (Lipinski definition) is 2. The summed E-state index contributed by atoms with van der Waals surface area (Å²) < 4.78 is 0. The minimum Gasteiger partial charge on any atom is -0.384 e. The molecule has 1 aromatic heterocycles. The van der Waals surface area contributed by atoms with Gasteiger partial charge in [0, 0.05) is 43.6 Å². The first-order chi connectivity index (χ1) is 10.3. The second kappa shape index (κ2) is 5.04. The molecule has 4 nitrogen and oxygen atoms in total. The fourth-order valence-electron chi connectivity index (χ4n) is 3.46. The van der Waals surface area contributed by atoms with Gasteiger partial charge in [0.15, 0.2) is 0 Å². The molecule has 1 aromatic carbocycles. The Balaban J connectivity index is 1.59. The molecule has 2 N–H and O–H groups in total. The number of hydrogen-bond acceptors (Lipinski definition) is 3. The van der Waals surface area contributed by atoms with Crippen molar-refractivity contribution < 1.29 is 0 Å². The maximum Gasteiger partial charge on any atom is 0.252 e. The van der Waals surface area contributed by atoms with E-state index < -0.39 is 0 Å². The molecule has 2 aromatic rings. The minimum absolute atomic E-state index is 0.0635. The Hall–Kier alpha value is -2.07. The van der Waals surface area contributed by atoms with Crippen LogP contribution in [0.1, 0.15) is 22.3 Å². The molecule has 3 heterocycles. The van der Waals surface area contributed by atoms with Crippen LogP contribution in [0.4, 0.5) is 5.69 Å². The van der Waals surface area contributed by atoms with Crippen molar-refractivity contribution in [3.63, 3.8) is 0 Å². The van der Waals surface area contributed by atoms with Gasteiger partial charge in [0.1, 0.15) is 0 Å². The molecule has 0 spiro atoms. The van der Waals surface area contributed by atoms with Gasteiger partial charge in [0.25, 0.3) is 5.56 Å². The Morgan fingerprint density at radius 3 is 3.05 bits per heavy atom. The van der Waals surface area contributed by atoms with Gasteiger partial charge in [0.2, 0.25) is 0 Å². The normalized spacial score (nSPS) is 17.1. The summed E-state index contributed by atoms with van der Waals surface area (Å²) in [5.41, 5.74) is 6.28. The number of H-pyrrole nitrogens is 1. The molecule has 0 saturated carbocycles. The summed E-state index contributed by atoms with van der Waals surface area (Å²) in [5, 5.41) is 3.49. The average molecular weight is 281 g/mol. The molecule has 0 radical (unpaired) electrons. The first kappa shape index (κ1) is 12.7. The lowest BCUT2D eigenvalue weighted by Gasteiger charge is -2.28. The van der Waals surface area contributed by atoms with Gasteiger partial charge in [-0.15, -0.1) is 0 Å². The number of rotatable bonds is 2. The summed E-state index contributed by atoms with van der Waals surface area (Å²) in [6, 6.07) is 8.58. The molecular formula is C17H19N3O. The highest BCUT2D eigenvalue weighted by atomic mass is 16.1. The molecular weight excluding hydrogens is 262 g/mol. The van der Waals surface area contributed by atoms with Crippen molar-refractivity contribution in [1.29, 1.82) is 0 Å². The monoisotopic (exact) mass is 281 g/mol. The van der Waals surface area contributed by atoms with Crippen LogP contribution in [-0.4, -0.2) is 23.0 Å². The van der Waals surface area contributed by atoms with Crippen molar-refractivity contribution in [2.75, 3.05) is 18.4 Å². The molecule has 2 aliphatic rings. The van der Waals surface area contributed by atoms with Crippen LogP contribution in [0.2, 0.25) is 0 Å². The standard InChI is InChI=1S/C17H19N3O/c21-17-15-11-20(9-6-12(15)4-8-19-17)10-14-3-1-2-13-5-7-18-16(13)14/h1-4,8,18H,5-7,9-11H2,(H,19,21). The highest BCUT2D eigenvalue weighted by Gasteiger charge is 2.21. The van der Waals surface area contributed by atoms with Crippen molar-refractivity contribution in [3.05, 3.63) is 63.1 Å². The van der Waals surface area contributed by atoms with Crippen molar-refractivity contribution in [2.45, 2.75) is 25.9 Å². The molecule has 0 aliphatic carbocycles. The van der Waals surface area contributed by atoms with E-state index in [0.29, 0.717) is 0 Å². The molecule has 0 unspecified atom stereocenters. The van der Waals surface area contributed by atoms with Crippen molar-refractivity contribution in [3.8, 4) is 0 Å². The lowest BCUT2D eigenvalue weighted by atomic mass is 10.0. The summed E-state index contributed by atoms with van der Waals surface area (Å²) in [6.45, 7) is 3.70. The summed E-state index contributed by atoms with van der Waals surface area (Å²) in [5.74, 6) is 0. The van der Waals surface area contributed by atoms with Crippen LogP contribution < -0.4 is 10.9 Å². The Morgan fingerprint density at radius 1 is 1.14 bits per heavy atom. The predicted molar refractivity (Wildman–Crippen MR) is 83.5 cm³/mol. The van der Waals surface area contributed by atoms with Crippen LogP contribution in [0.3, 0.4) is 0 Å². The number of para-hydroxylation sites is 1. The number of aromatic amines is 1. The number of fused-ring (bicyclic) bond motifs is 2. The van der Waals surface area contributed by atoms with Gasteiger partial charge in [-0.05, 0) is 35.6 Å². The molecule has 4 rings (SSSR count). The van der Waals surface area contributed by atoms with Gasteiger partial charge >= 0.3 is 0 Å². The summed E-state index contributed by atoms with van der Waals surface area (Å²) in [6.07, 6.45) is 3.83. The molecule has 4 heteroatoms. The Morgan fingerprint density at radius 2 is 2.10 bits per heavy atom. The molecule has 21 heavy (non-hydrogen) atoms. The van der Waals surface area contributed by atoms with Crippen LogP contribution >= 0.6 is 0 Å². The van der Waals surface area contributed by atoms with Crippen molar-refractivity contribution >= 4 is 5.69 Å². The first-order valence-corrected chi connectivity index (χ1v) is 7.58. The van der Waals surface area contributed by atoms with E-state index in [1.165, 1.54) is 22.4 Å². The van der Waals surface area contributed by atoms with Gasteiger partial charge in [0.05, 0.1) is 0 Å². The van der Waals surface area contributed by atoms with Gasteiger partial charge < -0.3 is 10.3 Å². The van der Waals surface area contributed by atoms with Crippen LogP contribution in [-0.2, 0) is 25.9 Å². The smallest absolute Gasteiger partial charge is 0.252 e. The Bertz CT molecular complexity index is 735. The molecule has 0 amide bonds. The first-order valence-electron chi connectivity index (χ1n) is 7.58. The SMILES string of the molecule is O=c1[nH]ccc2c1CN(Cc1cccc3c1NCC3)CC2. The summed E-state index contributed by atoms with van der Waals surface area (Å²) in [7, 11) is 0. The fraction of sp³-hybridized carbons (Fsp3) is 0.353. The van der Waals surface area contributed by atoms with Crippen molar-refractivity contribution in [2.24, 2.45) is 0 Å². The van der Waals surface area contributed by atoms with E-state index in [0.717, 1.165) is 44.6 Å².